The van der Waals surface area contributed by atoms with Gasteiger partial charge in [-0.1, -0.05) is 68.2 Å². The maximum atomic E-state index is 13.9. The predicted molar refractivity (Wildman–Crippen MR) is 352 cm³/mol. The number of hydrogen-bond acceptors (Lipinski definition) is 21. The van der Waals surface area contributed by atoms with E-state index in [0.29, 0.717) is 29.6 Å². The van der Waals surface area contributed by atoms with Crippen LogP contribution in [0.1, 0.15) is 214 Å². The average Bonchev–Trinajstić information content (AvgIpc) is 1.60. The Morgan fingerprint density at radius 1 is 0.362 bits per heavy atom. The number of ether oxygens (including phenoxy) is 9. The van der Waals surface area contributed by atoms with Gasteiger partial charge < -0.3 is 72.3 Å². The first-order valence-electron chi connectivity index (χ1n) is 36.7. The Kier molecular flexibility index (Phi) is 25.3. The summed E-state index contributed by atoms with van der Waals surface area (Å²) in [6.07, 6.45) is 11.3. The van der Waals surface area contributed by atoms with Crippen LogP contribution < -0.4 is 15.3 Å². The Morgan fingerprint density at radius 2 is 0.667 bits per heavy atom. The number of halogens is 6. The highest BCUT2D eigenvalue weighted by molar-refractivity contribution is 5.95. The predicted octanol–water partition coefficient (Wildman–Crippen LogP) is 10.7. The first-order valence-corrected chi connectivity index (χ1v) is 36.7. The molecule has 0 aliphatic heterocycles. The van der Waals surface area contributed by atoms with E-state index >= 15 is 0 Å². The van der Waals surface area contributed by atoms with Gasteiger partial charge in [0, 0.05) is 5.92 Å². The van der Waals surface area contributed by atoms with Crippen LogP contribution in [0, 0.1) is 94.7 Å². The van der Waals surface area contributed by atoms with E-state index in [9.17, 15) is 84.8 Å². The fourth-order valence-corrected chi connectivity index (χ4v) is 18.7. The quantitative estimate of drug-likeness (QED) is 0.0282. The third-order valence-electron chi connectivity index (χ3n) is 23.4. The smallest absolute Gasteiger partial charge is 0.340 e. The van der Waals surface area contributed by atoms with E-state index in [2.05, 4.69) is 0 Å². The number of aliphatic carboxylic acids is 3. The van der Waals surface area contributed by atoms with Gasteiger partial charge in [0.05, 0.1) is 51.7 Å². The molecule has 21 nitrogen and oxygen atoms in total. The molecule has 10 aliphatic rings. The van der Waals surface area contributed by atoms with Crippen molar-refractivity contribution in [2.75, 3.05) is 13.6 Å². The van der Waals surface area contributed by atoms with Crippen molar-refractivity contribution in [2.45, 2.75) is 212 Å². The minimum atomic E-state index is -4.35. The zero-order chi connectivity index (χ0) is 76.3. The molecule has 0 saturated heterocycles. The maximum absolute atomic E-state index is 13.9. The van der Waals surface area contributed by atoms with Crippen molar-refractivity contribution >= 4 is 53.7 Å². The molecule has 3 aromatic rings. The monoisotopic (exact) mass is 1480 g/mol. The van der Waals surface area contributed by atoms with Crippen LogP contribution in [0.3, 0.4) is 0 Å². The zero-order valence-electron chi connectivity index (χ0n) is 60.1. The summed E-state index contributed by atoms with van der Waals surface area (Å²) in [5.41, 5.74) is 0.146. The van der Waals surface area contributed by atoms with Gasteiger partial charge >= 0.3 is 53.6 Å². The lowest BCUT2D eigenvalue weighted by Crippen LogP contribution is -2.53. The van der Waals surface area contributed by atoms with Crippen molar-refractivity contribution in [3.8, 4) is 0 Å². The van der Waals surface area contributed by atoms with Crippen LogP contribution >= 0.6 is 0 Å². The number of esters is 6. The molecule has 10 fully saturated rings. The van der Waals surface area contributed by atoms with E-state index in [1.807, 2.05) is 13.8 Å². The SMILES string of the molecule is CC(C)C(OC(=O)c1ccc(C(=O)OC(C(C)C)C(F)(F)C(=O)[O-])cc1)OC1CC2CC1C1CCCC21.CC(C)C(OC(=O)c1ccc(C(=O)OCOC2C3CC4CC(C3)CC2C4)cc1)C(F)(F)C(=O)[O-].CC(C)C(OC(=O)c1ccc(C(=O)OCOC2CC3CC2C2CCCC32)cc1)C(F)(F)C(=O)[O-]. The van der Waals surface area contributed by atoms with E-state index in [4.69, 9.17) is 42.6 Å². The summed E-state index contributed by atoms with van der Waals surface area (Å²) < 4.78 is 132. The molecule has 14 unspecified atom stereocenters. The van der Waals surface area contributed by atoms with E-state index in [0.717, 1.165) is 54.3 Å². The lowest BCUT2D eigenvalue weighted by Gasteiger charge is -2.53. The van der Waals surface area contributed by atoms with E-state index in [1.54, 1.807) is 0 Å². The van der Waals surface area contributed by atoms with Crippen LogP contribution in [0.4, 0.5) is 26.3 Å². The molecule has 14 atom stereocenters. The Balaban J connectivity index is 0.000000169. The molecule has 13 rings (SSSR count). The Labute approximate surface area is 605 Å². The summed E-state index contributed by atoms with van der Waals surface area (Å²) in [4.78, 5) is 107. The summed E-state index contributed by atoms with van der Waals surface area (Å²) in [6, 6.07) is 15.3. The summed E-state index contributed by atoms with van der Waals surface area (Å²) in [6.45, 7) is 11.4. The number of carbonyl (C=O) groups is 9. The number of benzene rings is 3. The van der Waals surface area contributed by atoms with Gasteiger partial charge in [0.25, 0.3) is 0 Å². The lowest BCUT2D eigenvalue weighted by atomic mass is 9.55. The number of hydrogen-bond donors (Lipinski definition) is 0. The van der Waals surface area contributed by atoms with Gasteiger partial charge in [0.15, 0.2) is 31.9 Å². The largest absolute Gasteiger partial charge is 0.544 e. The lowest BCUT2D eigenvalue weighted by molar-refractivity contribution is -0.338. The molecule has 0 N–H and O–H groups in total. The molecule has 0 radical (unpaired) electrons. The summed E-state index contributed by atoms with van der Waals surface area (Å²) >= 11 is 0. The molecule has 10 saturated carbocycles. The number of alkyl halides is 6. The van der Waals surface area contributed by atoms with Crippen LogP contribution in [0.5, 0.6) is 0 Å². The van der Waals surface area contributed by atoms with Gasteiger partial charge in [-0.3, -0.25) is 0 Å². The number of carboxylic acid groups (broad SMARTS) is 3. The first kappa shape index (κ1) is 79.9. The molecule has 0 aromatic heterocycles. The molecule has 27 heteroatoms. The highest BCUT2D eigenvalue weighted by atomic mass is 19.3. The molecule has 3 aromatic carbocycles. The van der Waals surface area contributed by atoms with Crippen LogP contribution in [0.2, 0.25) is 0 Å². The van der Waals surface area contributed by atoms with Gasteiger partial charge in [-0.25, -0.2) is 28.8 Å². The fourth-order valence-electron chi connectivity index (χ4n) is 18.7. The standard InChI is InChI=1S/C28H36F2O7.2C25H30F2O7/c1-14(2)23(28(29,30)27(33)34)36-24(31)16-8-10-17(11-9-16)25(32)37-26(15(3)4)35-22-13-18-12-21(22)20-7-5-6-19(18)20;1-13(2)21(25(26,27)24(30)31)34-23(29)17-5-3-16(4-6-17)22(28)33-12-32-20-18-8-14-7-15(10-18)11-19(20)9-14;1-13(2)21(25(26,27)24(30)31)34-23(29)15-8-6-14(7-9-15)22(28)33-12-32-20-11-16-10-19(20)18-5-3-4-17(16)18/h8-11,14-15,18-23,26H,5-7,12-13H2,1-4H3,(H,33,34);3-6,13-15,18-21H,7-12H2,1-2H3,(H,30,31);6-9,13,16-21H,3-5,10-12H2,1-2H3,(H,30,31)/p-3. The van der Waals surface area contributed by atoms with Crippen LogP contribution in [-0.2, 0) is 57.0 Å². The van der Waals surface area contributed by atoms with Crippen LogP contribution in [0.15, 0.2) is 72.8 Å². The van der Waals surface area contributed by atoms with E-state index < -0.39 is 114 Å². The number of fused-ring (bicyclic) bond motifs is 10. The second-order valence-corrected chi connectivity index (χ2v) is 31.5. The number of carbonyl (C=O) groups excluding carboxylic acids is 9. The molecule has 10 aliphatic carbocycles. The Hall–Kier alpha value is -7.65. The van der Waals surface area contributed by atoms with Crippen molar-refractivity contribution < 1.29 is 127 Å². The van der Waals surface area contributed by atoms with Crippen molar-refractivity contribution in [2.24, 2.45) is 94.7 Å². The molecule has 0 spiro atoms. The van der Waals surface area contributed by atoms with Gasteiger partial charge in [-0.15, -0.1) is 0 Å². The Bertz CT molecular complexity index is 3570. The number of rotatable bonds is 28. The molecular weight excluding hydrogens is 1390 g/mol. The van der Waals surface area contributed by atoms with Gasteiger partial charge in [-0.2, -0.15) is 26.3 Å². The molecule has 105 heavy (non-hydrogen) atoms. The molecule has 8 bridgehead atoms. The van der Waals surface area contributed by atoms with Crippen molar-refractivity contribution in [1.29, 1.82) is 0 Å². The van der Waals surface area contributed by atoms with Crippen LogP contribution in [0.25, 0.3) is 0 Å². The molecule has 576 valence electrons. The second kappa shape index (κ2) is 33.2. The number of carboxylic acids is 3. The van der Waals surface area contributed by atoms with Crippen LogP contribution in [-0.4, -0.2) is 128 Å². The van der Waals surface area contributed by atoms with Gasteiger partial charge in [0.2, 0.25) is 6.29 Å². The minimum absolute atomic E-state index is 0.0601. The van der Waals surface area contributed by atoms with Gasteiger partial charge in [-0.05, 0) is 245 Å². The third-order valence-corrected chi connectivity index (χ3v) is 23.4. The summed E-state index contributed by atoms with van der Waals surface area (Å²) in [5.74, 6) is -20.8. The molecular formula is C78H93F6O21-3. The topological polar surface area (TPSA) is 306 Å². The molecule has 0 amide bonds. The second-order valence-electron chi connectivity index (χ2n) is 31.5. The fraction of sp³-hybridized carbons (Fsp3) is 0.654. The normalized spacial score (nSPS) is 28.5. The van der Waals surface area contributed by atoms with Gasteiger partial charge in [0.1, 0.15) is 17.9 Å². The molecule has 0 heterocycles. The highest BCUT2D eigenvalue weighted by Crippen LogP contribution is 2.61. The van der Waals surface area contributed by atoms with E-state index in [-0.39, 0.29) is 71.2 Å². The zero-order valence-corrected chi connectivity index (χ0v) is 60.1. The highest BCUT2D eigenvalue weighted by Gasteiger charge is 2.57. The van der Waals surface area contributed by atoms with Crippen molar-refractivity contribution in [3.05, 3.63) is 106 Å². The maximum Gasteiger partial charge on any atom is 0.340 e. The summed E-state index contributed by atoms with van der Waals surface area (Å²) in [7, 11) is 0. The third kappa shape index (κ3) is 18.0. The Morgan fingerprint density at radius 3 is 1.00 bits per heavy atom. The van der Waals surface area contributed by atoms with Crippen molar-refractivity contribution in [3.63, 3.8) is 0 Å². The summed E-state index contributed by atoms with van der Waals surface area (Å²) in [5, 5.41) is 32.3. The minimum Gasteiger partial charge on any atom is -0.544 e. The van der Waals surface area contributed by atoms with Crippen molar-refractivity contribution in [1.82, 2.24) is 0 Å². The van der Waals surface area contributed by atoms with E-state index in [1.165, 1.54) is 198 Å². The average molecular weight is 1480 g/mol. The first-order chi connectivity index (χ1) is 49.5.